The van der Waals surface area contributed by atoms with Crippen LogP contribution in [0.25, 0.3) is 0 Å². The van der Waals surface area contributed by atoms with Crippen LogP contribution >= 0.6 is 0 Å². The monoisotopic (exact) mass is 284 g/mol. The Bertz CT molecular complexity index is 451. The van der Waals surface area contributed by atoms with E-state index < -0.39 is 17.7 Å². The summed E-state index contributed by atoms with van der Waals surface area (Å²) in [5.41, 5.74) is 5.58. The first-order valence-corrected chi connectivity index (χ1v) is 6.88. The number of amides is 1. The highest BCUT2D eigenvalue weighted by molar-refractivity contribution is 5.76. The van der Waals surface area contributed by atoms with Gasteiger partial charge in [0.25, 0.3) is 0 Å². The van der Waals surface area contributed by atoms with Crippen molar-refractivity contribution in [3.63, 3.8) is 0 Å². The highest BCUT2D eigenvalue weighted by Gasteiger charge is 2.20. The van der Waals surface area contributed by atoms with Crippen molar-refractivity contribution in [3.8, 4) is 0 Å². The second-order valence-corrected chi connectivity index (χ2v) is 4.95. The third-order valence-corrected chi connectivity index (χ3v) is 3.48. The molecule has 0 spiro atoms. The van der Waals surface area contributed by atoms with Crippen molar-refractivity contribution < 1.29 is 13.6 Å². The predicted molar refractivity (Wildman–Crippen MR) is 75.1 cm³/mol. The summed E-state index contributed by atoms with van der Waals surface area (Å²) < 4.78 is 26.9. The molecular weight excluding hydrogens is 262 g/mol. The molecule has 20 heavy (non-hydrogen) atoms. The predicted octanol–water partition coefficient (Wildman–Crippen LogP) is 3.00. The lowest BCUT2D eigenvalue weighted by atomic mass is 10.1. The molecule has 1 amide bonds. The SMILES string of the molecule is CC(c1cc(F)ccc1F)N(C)C(=O)CCCCCN. The maximum atomic E-state index is 13.7. The summed E-state index contributed by atoms with van der Waals surface area (Å²) in [5.74, 6) is -1.07. The first-order valence-electron chi connectivity index (χ1n) is 6.88. The van der Waals surface area contributed by atoms with Crippen LogP contribution in [0.2, 0.25) is 0 Å². The van der Waals surface area contributed by atoms with E-state index in [0.717, 1.165) is 37.5 Å². The molecule has 5 heteroatoms. The van der Waals surface area contributed by atoms with E-state index >= 15 is 0 Å². The number of nitrogens with two attached hydrogens (primary N) is 1. The third kappa shape index (κ3) is 4.56. The second-order valence-electron chi connectivity index (χ2n) is 4.95. The molecule has 1 aromatic rings. The average molecular weight is 284 g/mol. The fraction of sp³-hybridized carbons (Fsp3) is 0.533. The molecule has 0 aliphatic carbocycles. The lowest BCUT2D eigenvalue weighted by molar-refractivity contribution is -0.132. The van der Waals surface area contributed by atoms with Crippen molar-refractivity contribution in [1.82, 2.24) is 4.90 Å². The van der Waals surface area contributed by atoms with E-state index in [4.69, 9.17) is 5.73 Å². The molecular formula is C15H22F2N2O. The van der Waals surface area contributed by atoms with Crippen molar-refractivity contribution in [2.24, 2.45) is 5.73 Å². The Balaban J connectivity index is 2.63. The lowest BCUT2D eigenvalue weighted by Crippen LogP contribution is -2.30. The average Bonchev–Trinajstić information content (AvgIpc) is 2.44. The first kappa shape index (κ1) is 16.6. The fourth-order valence-electron chi connectivity index (χ4n) is 2.03. The summed E-state index contributed by atoms with van der Waals surface area (Å²) >= 11 is 0. The molecule has 0 fully saturated rings. The number of unbranched alkanes of at least 4 members (excludes halogenated alkanes) is 2. The molecule has 0 saturated carbocycles. The molecule has 0 bridgehead atoms. The second kappa shape index (κ2) is 7.94. The van der Waals surface area contributed by atoms with Crippen LogP contribution in [0.4, 0.5) is 8.78 Å². The van der Waals surface area contributed by atoms with Gasteiger partial charge in [0.1, 0.15) is 11.6 Å². The van der Waals surface area contributed by atoms with Crippen LogP contribution in [0.1, 0.15) is 44.2 Å². The number of carbonyl (C=O) groups excluding carboxylic acids is 1. The minimum absolute atomic E-state index is 0.0711. The number of benzene rings is 1. The van der Waals surface area contributed by atoms with Gasteiger partial charge in [-0.1, -0.05) is 6.42 Å². The van der Waals surface area contributed by atoms with Gasteiger partial charge in [-0.15, -0.1) is 0 Å². The highest BCUT2D eigenvalue weighted by Crippen LogP contribution is 2.23. The normalized spacial score (nSPS) is 12.2. The van der Waals surface area contributed by atoms with Crippen molar-refractivity contribution in [2.75, 3.05) is 13.6 Å². The summed E-state index contributed by atoms with van der Waals surface area (Å²) in [6.45, 7) is 2.31. The molecule has 2 N–H and O–H groups in total. The van der Waals surface area contributed by atoms with Gasteiger partial charge in [-0.05, 0) is 44.5 Å². The molecule has 0 aliphatic rings. The van der Waals surface area contributed by atoms with Gasteiger partial charge < -0.3 is 10.6 Å². The third-order valence-electron chi connectivity index (χ3n) is 3.48. The van der Waals surface area contributed by atoms with E-state index in [9.17, 15) is 13.6 Å². The number of rotatable bonds is 7. The smallest absolute Gasteiger partial charge is 0.222 e. The van der Waals surface area contributed by atoms with E-state index in [1.807, 2.05) is 0 Å². The van der Waals surface area contributed by atoms with E-state index in [0.29, 0.717) is 13.0 Å². The van der Waals surface area contributed by atoms with Crippen LogP contribution in [0.15, 0.2) is 18.2 Å². The Hall–Kier alpha value is -1.49. The van der Waals surface area contributed by atoms with Gasteiger partial charge in [-0.2, -0.15) is 0 Å². The fourth-order valence-corrected chi connectivity index (χ4v) is 2.03. The molecule has 1 aromatic carbocycles. The number of carbonyl (C=O) groups is 1. The zero-order valence-electron chi connectivity index (χ0n) is 12.0. The Morgan fingerprint density at radius 2 is 2.00 bits per heavy atom. The standard InChI is InChI=1S/C15H22F2N2O/c1-11(13-10-12(16)7-8-14(13)17)19(2)15(20)6-4-3-5-9-18/h7-8,10-11H,3-6,9,18H2,1-2H3. The molecule has 0 saturated heterocycles. The van der Waals surface area contributed by atoms with Gasteiger partial charge in [0.05, 0.1) is 6.04 Å². The quantitative estimate of drug-likeness (QED) is 0.782. The van der Waals surface area contributed by atoms with Gasteiger partial charge in [0.2, 0.25) is 5.91 Å². The van der Waals surface area contributed by atoms with Gasteiger partial charge in [-0.3, -0.25) is 4.79 Å². The van der Waals surface area contributed by atoms with Crippen LogP contribution < -0.4 is 5.73 Å². The van der Waals surface area contributed by atoms with Crippen LogP contribution in [0.5, 0.6) is 0 Å². The molecule has 3 nitrogen and oxygen atoms in total. The zero-order valence-corrected chi connectivity index (χ0v) is 12.0. The van der Waals surface area contributed by atoms with Crippen LogP contribution in [0.3, 0.4) is 0 Å². The number of hydrogen-bond acceptors (Lipinski definition) is 2. The van der Waals surface area contributed by atoms with E-state index in [1.165, 1.54) is 4.90 Å². The van der Waals surface area contributed by atoms with Crippen molar-refractivity contribution in [1.29, 1.82) is 0 Å². The van der Waals surface area contributed by atoms with Crippen LogP contribution in [-0.2, 0) is 4.79 Å². The summed E-state index contributed by atoms with van der Waals surface area (Å²) in [4.78, 5) is 13.5. The molecule has 112 valence electrons. The first-order chi connectivity index (χ1) is 9.47. The summed E-state index contributed by atoms with van der Waals surface area (Å²) in [6, 6.07) is 2.80. The Kier molecular flexibility index (Phi) is 6.58. The largest absolute Gasteiger partial charge is 0.339 e. The molecule has 1 rings (SSSR count). The molecule has 1 atom stereocenters. The summed E-state index contributed by atoms with van der Waals surface area (Å²) in [5, 5.41) is 0. The van der Waals surface area contributed by atoms with Crippen molar-refractivity contribution in [2.45, 2.75) is 38.6 Å². The Morgan fingerprint density at radius 1 is 1.30 bits per heavy atom. The highest BCUT2D eigenvalue weighted by atomic mass is 19.1. The summed E-state index contributed by atoms with van der Waals surface area (Å²) in [7, 11) is 1.61. The topological polar surface area (TPSA) is 46.3 Å². The molecule has 0 heterocycles. The summed E-state index contributed by atoms with van der Waals surface area (Å²) in [6.07, 6.45) is 2.96. The number of hydrogen-bond donors (Lipinski definition) is 1. The van der Waals surface area contributed by atoms with E-state index in [2.05, 4.69) is 0 Å². The maximum absolute atomic E-state index is 13.7. The molecule has 0 aromatic heterocycles. The van der Waals surface area contributed by atoms with E-state index in [-0.39, 0.29) is 11.5 Å². The number of halogens is 2. The van der Waals surface area contributed by atoms with Gasteiger partial charge in [0.15, 0.2) is 0 Å². The van der Waals surface area contributed by atoms with Gasteiger partial charge in [-0.25, -0.2) is 8.78 Å². The molecule has 0 radical (unpaired) electrons. The van der Waals surface area contributed by atoms with Gasteiger partial charge >= 0.3 is 0 Å². The van der Waals surface area contributed by atoms with Crippen molar-refractivity contribution in [3.05, 3.63) is 35.4 Å². The Labute approximate surface area is 118 Å². The zero-order chi connectivity index (χ0) is 15.1. The minimum Gasteiger partial charge on any atom is -0.339 e. The van der Waals surface area contributed by atoms with Crippen molar-refractivity contribution >= 4 is 5.91 Å². The molecule has 0 aliphatic heterocycles. The Morgan fingerprint density at radius 3 is 2.65 bits per heavy atom. The molecule has 1 unspecified atom stereocenters. The van der Waals surface area contributed by atoms with Crippen LogP contribution in [-0.4, -0.2) is 24.4 Å². The van der Waals surface area contributed by atoms with E-state index in [1.54, 1.807) is 14.0 Å². The van der Waals surface area contributed by atoms with Crippen LogP contribution in [0, 0.1) is 11.6 Å². The van der Waals surface area contributed by atoms with Gasteiger partial charge in [0, 0.05) is 19.0 Å². The number of nitrogens with zero attached hydrogens (tertiary/aromatic N) is 1. The minimum atomic E-state index is -0.503. The maximum Gasteiger partial charge on any atom is 0.222 e. The lowest BCUT2D eigenvalue weighted by Gasteiger charge is -2.25.